The van der Waals surface area contributed by atoms with Crippen LogP contribution in [-0.2, 0) is 7.05 Å². The van der Waals surface area contributed by atoms with E-state index in [2.05, 4.69) is 20.9 Å². The lowest BCUT2D eigenvalue weighted by atomic mass is 10.3. The molecule has 0 spiro atoms. The van der Waals surface area contributed by atoms with Gasteiger partial charge in [0.05, 0.1) is 5.69 Å². The molecule has 2 nitrogen and oxygen atoms in total. The maximum atomic E-state index is 4.40. The lowest BCUT2D eigenvalue weighted by Crippen LogP contribution is -1.80. The Bertz CT molecular complexity index is 486. The Hall–Kier alpha value is -1.35. The van der Waals surface area contributed by atoms with Crippen LogP contribution in [0.3, 0.4) is 0 Å². The van der Waals surface area contributed by atoms with Gasteiger partial charge in [0, 0.05) is 35.7 Å². The van der Waals surface area contributed by atoms with Crippen LogP contribution in [0.4, 0.5) is 5.69 Å². The fraction of sp³-hybridized carbons (Fsp3) is 0.0833. The van der Waals surface area contributed by atoms with Crippen molar-refractivity contribution in [1.82, 2.24) is 4.57 Å². The topological polar surface area (TPSA) is 17.3 Å². The van der Waals surface area contributed by atoms with Crippen LogP contribution in [-0.4, -0.2) is 10.8 Å². The minimum atomic E-state index is 0.946. The van der Waals surface area contributed by atoms with E-state index in [9.17, 15) is 0 Å². The van der Waals surface area contributed by atoms with Gasteiger partial charge in [0.15, 0.2) is 0 Å². The number of para-hydroxylation sites is 1. The lowest BCUT2D eigenvalue weighted by molar-refractivity contribution is 0.927. The van der Waals surface area contributed by atoms with E-state index in [1.165, 1.54) is 0 Å². The molecule has 0 saturated heterocycles. The summed E-state index contributed by atoms with van der Waals surface area (Å²) in [5, 5.41) is 0. The third-order valence-electron chi connectivity index (χ3n) is 2.06. The molecule has 0 N–H and O–H groups in total. The first-order valence-corrected chi connectivity index (χ1v) is 5.45. The molecule has 2 rings (SSSR count). The van der Waals surface area contributed by atoms with Gasteiger partial charge in [-0.3, -0.25) is 4.99 Å². The summed E-state index contributed by atoms with van der Waals surface area (Å²) in [7, 11) is 2.00. The molecule has 1 aromatic carbocycles. The van der Waals surface area contributed by atoms with E-state index in [0.717, 1.165) is 15.7 Å². The standard InChI is InChI=1S/C12H11BrN2/c1-15-7-6-10(9-15)8-14-12-5-3-2-4-11(12)13/h2-9H,1H3. The predicted molar refractivity (Wildman–Crippen MR) is 66.8 cm³/mol. The number of halogens is 1. The Balaban J connectivity index is 2.22. The average Bonchev–Trinajstić information content (AvgIpc) is 2.63. The molecule has 76 valence electrons. The monoisotopic (exact) mass is 262 g/mol. The van der Waals surface area contributed by atoms with Gasteiger partial charge in [-0.05, 0) is 34.1 Å². The third-order valence-corrected chi connectivity index (χ3v) is 2.73. The highest BCUT2D eigenvalue weighted by Gasteiger charge is 1.94. The predicted octanol–water partition coefficient (Wildman–Crippen LogP) is 3.54. The molecule has 0 aliphatic rings. The number of hydrogen-bond donors (Lipinski definition) is 0. The highest BCUT2D eigenvalue weighted by Crippen LogP contribution is 2.23. The number of aromatic nitrogens is 1. The molecule has 0 aliphatic carbocycles. The maximum absolute atomic E-state index is 4.40. The summed E-state index contributed by atoms with van der Waals surface area (Å²) in [6, 6.07) is 9.94. The first-order valence-electron chi connectivity index (χ1n) is 4.66. The number of aryl methyl sites for hydroxylation is 1. The van der Waals surface area contributed by atoms with E-state index in [1.807, 2.05) is 60.6 Å². The molecule has 0 unspecified atom stereocenters. The van der Waals surface area contributed by atoms with Crippen molar-refractivity contribution in [2.45, 2.75) is 0 Å². The molecule has 2 aromatic rings. The highest BCUT2D eigenvalue weighted by molar-refractivity contribution is 9.10. The van der Waals surface area contributed by atoms with Crippen LogP contribution < -0.4 is 0 Å². The largest absolute Gasteiger partial charge is 0.357 e. The summed E-state index contributed by atoms with van der Waals surface area (Å²) in [5.41, 5.74) is 2.05. The Kier molecular flexibility index (Phi) is 3.02. The molecule has 0 aliphatic heterocycles. The highest BCUT2D eigenvalue weighted by atomic mass is 79.9. The minimum Gasteiger partial charge on any atom is -0.357 e. The van der Waals surface area contributed by atoms with Crippen LogP contribution in [0, 0.1) is 0 Å². The maximum Gasteiger partial charge on any atom is 0.0771 e. The normalized spacial score (nSPS) is 11.1. The lowest BCUT2D eigenvalue weighted by Gasteiger charge is -1.95. The number of nitrogens with zero attached hydrogens (tertiary/aromatic N) is 2. The fourth-order valence-electron chi connectivity index (χ4n) is 1.30. The smallest absolute Gasteiger partial charge is 0.0771 e. The molecule has 0 radical (unpaired) electrons. The summed E-state index contributed by atoms with van der Waals surface area (Å²) in [6.45, 7) is 0. The van der Waals surface area contributed by atoms with Gasteiger partial charge in [-0.25, -0.2) is 0 Å². The molecule has 3 heteroatoms. The van der Waals surface area contributed by atoms with Crippen molar-refractivity contribution in [2.75, 3.05) is 0 Å². The summed E-state index contributed by atoms with van der Waals surface area (Å²) in [6.07, 6.45) is 5.89. The molecule has 0 bridgehead atoms. The van der Waals surface area contributed by atoms with Crippen molar-refractivity contribution in [1.29, 1.82) is 0 Å². The summed E-state index contributed by atoms with van der Waals surface area (Å²) >= 11 is 3.46. The summed E-state index contributed by atoms with van der Waals surface area (Å²) < 4.78 is 3.01. The first kappa shape index (κ1) is 10.2. The number of hydrogen-bond acceptors (Lipinski definition) is 1. The molecular formula is C12H11BrN2. The second-order valence-corrected chi connectivity index (χ2v) is 4.17. The van der Waals surface area contributed by atoms with Crippen LogP contribution in [0.1, 0.15) is 5.56 Å². The zero-order valence-electron chi connectivity index (χ0n) is 8.39. The Morgan fingerprint density at radius 2 is 2.07 bits per heavy atom. The van der Waals surface area contributed by atoms with E-state index in [0.29, 0.717) is 0 Å². The summed E-state index contributed by atoms with van der Waals surface area (Å²) in [4.78, 5) is 4.40. The van der Waals surface area contributed by atoms with Crippen LogP contribution in [0.5, 0.6) is 0 Å². The van der Waals surface area contributed by atoms with Crippen molar-refractivity contribution in [3.8, 4) is 0 Å². The third kappa shape index (κ3) is 2.57. The average molecular weight is 263 g/mol. The first-order chi connectivity index (χ1) is 7.25. The van der Waals surface area contributed by atoms with Crippen LogP contribution in [0.25, 0.3) is 0 Å². The van der Waals surface area contributed by atoms with Gasteiger partial charge >= 0.3 is 0 Å². The van der Waals surface area contributed by atoms with Gasteiger partial charge in [0.25, 0.3) is 0 Å². The zero-order chi connectivity index (χ0) is 10.7. The number of rotatable bonds is 2. The van der Waals surface area contributed by atoms with Crippen molar-refractivity contribution in [3.63, 3.8) is 0 Å². The van der Waals surface area contributed by atoms with Gasteiger partial charge < -0.3 is 4.57 Å². The van der Waals surface area contributed by atoms with Crippen molar-refractivity contribution >= 4 is 27.8 Å². The van der Waals surface area contributed by atoms with Gasteiger partial charge in [-0.2, -0.15) is 0 Å². The van der Waals surface area contributed by atoms with Crippen LogP contribution in [0.2, 0.25) is 0 Å². The van der Waals surface area contributed by atoms with E-state index >= 15 is 0 Å². The van der Waals surface area contributed by atoms with E-state index in [-0.39, 0.29) is 0 Å². The number of benzene rings is 1. The van der Waals surface area contributed by atoms with Gasteiger partial charge in [0.1, 0.15) is 0 Å². The van der Waals surface area contributed by atoms with Gasteiger partial charge in [-0.1, -0.05) is 12.1 Å². The molecule has 15 heavy (non-hydrogen) atoms. The second kappa shape index (κ2) is 4.45. The fourth-order valence-corrected chi connectivity index (χ4v) is 1.69. The van der Waals surface area contributed by atoms with Crippen molar-refractivity contribution in [2.24, 2.45) is 12.0 Å². The van der Waals surface area contributed by atoms with Crippen LogP contribution >= 0.6 is 15.9 Å². The molecule has 0 amide bonds. The minimum absolute atomic E-state index is 0.946. The quantitative estimate of drug-likeness (QED) is 0.737. The van der Waals surface area contributed by atoms with Crippen LogP contribution in [0.15, 0.2) is 52.2 Å². The van der Waals surface area contributed by atoms with Crippen molar-refractivity contribution in [3.05, 3.63) is 52.8 Å². The van der Waals surface area contributed by atoms with Gasteiger partial charge in [0.2, 0.25) is 0 Å². The molecule has 0 atom stereocenters. The summed E-state index contributed by atoms with van der Waals surface area (Å²) in [5.74, 6) is 0. The van der Waals surface area contributed by atoms with E-state index < -0.39 is 0 Å². The van der Waals surface area contributed by atoms with E-state index in [1.54, 1.807) is 0 Å². The molecule has 0 fully saturated rings. The molecule has 1 heterocycles. The Morgan fingerprint density at radius 1 is 1.27 bits per heavy atom. The second-order valence-electron chi connectivity index (χ2n) is 3.32. The molecular weight excluding hydrogens is 252 g/mol. The zero-order valence-corrected chi connectivity index (χ0v) is 9.98. The van der Waals surface area contributed by atoms with Gasteiger partial charge in [-0.15, -0.1) is 0 Å². The van der Waals surface area contributed by atoms with E-state index in [4.69, 9.17) is 0 Å². The SMILES string of the molecule is Cn1ccc(C=Nc2ccccc2Br)c1. The number of aliphatic imine (C=N–C) groups is 1. The Labute approximate surface area is 97.4 Å². The molecule has 0 saturated carbocycles. The van der Waals surface area contributed by atoms with Crippen molar-refractivity contribution < 1.29 is 0 Å². The Morgan fingerprint density at radius 3 is 2.73 bits per heavy atom. The molecule has 1 aromatic heterocycles.